The number of nitrogens with one attached hydrogen (secondary N) is 1. The van der Waals surface area contributed by atoms with Crippen LogP contribution in [-0.2, 0) is 4.79 Å². The Morgan fingerprint density at radius 2 is 2.00 bits per heavy atom. The number of hydrogen-bond acceptors (Lipinski definition) is 2. The van der Waals surface area contributed by atoms with Crippen molar-refractivity contribution in [2.24, 2.45) is 0 Å². The molecule has 0 heterocycles. The first kappa shape index (κ1) is 12.9. The van der Waals surface area contributed by atoms with E-state index in [1.54, 1.807) is 13.8 Å². The molecule has 1 aromatic carbocycles. The van der Waals surface area contributed by atoms with Crippen molar-refractivity contribution < 1.29 is 19.1 Å². The van der Waals surface area contributed by atoms with Crippen molar-refractivity contribution in [1.29, 1.82) is 0 Å². The second-order valence-electron chi connectivity index (χ2n) is 3.71. The third kappa shape index (κ3) is 3.71. The standard InChI is InChI=1S/C12H12FNO3/c1-7(2)5-11(15)14-10-6-8(13)3-4-9(10)12(16)17/h3-6H,1-2H3,(H,14,15)(H,16,17). The first-order valence-electron chi connectivity index (χ1n) is 4.89. The summed E-state index contributed by atoms with van der Waals surface area (Å²) < 4.78 is 13.0. The number of carboxylic acids is 1. The number of carbonyl (C=O) groups excluding carboxylic acids is 1. The molecule has 5 heteroatoms. The summed E-state index contributed by atoms with van der Waals surface area (Å²) in [5.41, 5.74) is 0.553. The number of aromatic carboxylic acids is 1. The van der Waals surface area contributed by atoms with Crippen molar-refractivity contribution in [3.8, 4) is 0 Å². The summed E-state index contributed by atoms with van der Waals surface area (Å²) in [7, 11) is 0. The van der Waals surface area contributed by atoms with Crippen molar-refractivity contribution in [2.45, 2.75) is 13.8 Å². The molecular formula is C12H12FNO3. The molecule has 0 atom stereocenters. The van der Waals surface area contributed by atoms with Crippen LogP contribution in [0.2, 0.25) is 0 Å². The van der Waals surface area contributed by atoms with Gasteiger partial charge in [-0.2, -0.15) is 0 Å². The van der Waals surface area contributed by atoms with E-state index in [0.717, 1.165) is 23.8 Å². The molecule has 0 unspecified atom stereocenters. The van der Waals surface area contributed by atoms with Crippen molar-refractivity contribution in [3.05, 3.63) is 41.2 Å². The van der Waals surface area contributed by atoms with Crippen LogP contribution in [0.3, 0.4) is 0 Å². The summed E-state index contributed by atoms with van der Waals surface area (Å²) in [5, 5.41) is 11.2. The molecular weight excluding hydrogens is 225 g/mol. The molecule has 0 aromatic heterocycles. The van der Waals surface area contributed by atoms with E-state index in [1.807, 2.05) is 0 Å². The zero-order chi connectivity index (χ0) is 13.0. The maximum Gasteiger partial charge on any atom is 0.337 e. The highest BCUT2D eigenvalue weighted by atomic mass is 19.1. The number of carboxylic acid groups (broad SMARTS) is 1. The Bertz CT molecular complexity index is 491. The van der Waals surface area contributed by atoms with Crippen LogP contribution in [0.15, 0.2) is 29.8 Å². The van der Waals surface area contributed by atoms with Crippen LogP contribution in [0.25, 0.3) is 0 Å². The van der Waals surface area contributed by atoms with Gasteiger partial charge in [0.15, 0.2) is 0 Å². The van der Waals surface area contributed by atoms with Gasteiger partial charge in [-0.1, -0.05) is 5.57 Å². The average Bonchev–Trinajstić information content (AvgIpc) is 2.15. The Morgan fingerprint density at radius 3 is 2.53 bits per heavy atom. The van der Waals surface area contributed by atoms with E-state index in [9.17, 15) is 14.0 Å². The normalized spacial score (nSPS) is 9.59. The number of halogens is 1. The second kappa shape index (κ2) is 5.25. The summed E-state index contributed by atoms with van der Waals surface area (Å²) in [4.78, 5) is 22.3. The molecule has 0 saturated carbocycles. The molecule has 0 saturated heterocycles. The van der Waals surface area contributed by atoms with Crippen molar-refractivity contribution in [1.82, 2.24) is 0 Å². The van der Waals surface area contributed by atoms with Gasteiger partial charge in [0.1, 0.15) is 5.82 Å². The zero-order valence-corrected chi connectivity index (χ0v) is 9.45. The number of allylic oxidation sites excluding steroid dienone is 1. The quantitative estimate of drug-likeness (QED) is 0.793. The Morgan fingerprint density at radius 1 is 1.35 bits per heavy atom. The van der Waals surface area contributed by atoms with Gasteiger partial charge in [0, 0.05) is 6.08 Å². The van der Waals surface area contributed by atoms with E-state index in [4.69, 9.17) is 5.11 Å². The van der Waals surface area contributed by atoms with E-state index in [-0.39, 0.29) is 11.3 Å². The topological polar surface area (TPSA) is 66.4 Å². The monoisotopic (exact) mass is 237 g/mol. The number of amides is 1. The van der Waals surface area contributed by atoms with Gasteiger partial charge in [0.05, 0.1) is 11.3 Å². The van der Waals surface area contributed by atoms with Crippen LogP contribution in [-0.4, -0.2) is 17.0 Å². The van der Waals surface area contributed by atoms with Crippen LogP contribution in [0.4, 0.5) is 10.1 Å². The lowest BCUT2D eigenvalue weighted by Crippen LogP contribution is -2.12. The van der Waals surface area contributed by atoms with Crippen LogP contribution >= 0.6 is 0 Å². The molecule has 1 rings (SSSR count). The Balaban J connectivity index is 3.04. The molecule has 90 valence electrons. The summed E-state index contributed by atoms with van der Waals surface area (Å²) >= 11 is 0. The summed E-state index contributed by atoms with van der Waals surface area (Å²) in [6.45, 7) is 3.45. The zero-order valence-electron chi connectivity index (χ0n) is 9.45. The largest absolute Gasteiger partial charge is 0.478 e. The third-order valence-corrected chi connectivity index (χ3v) is 1.89. The first-order valence-corrected chi connectivity index (χ1v) is 4.89. The van der Waals surface area contributed by atoms with E-state index in [1.165, 1.54) is 6.08 Å². The number of anilines is 1. The number of rotatable bonds is 3. The second-order valence-corrected chi connectivity index (χ2v) is 3.71. The number of hydrogen-bond donors (Lipinski definition) is 2. The van der Waals surface area contributed by atoms with Gasteiger partial charge in [0.2, 0.25) is 5.91 Å². The molecule has 0 aliphatic heterocycles. The van der Waals surface area contributed by atoms with E-state index >= 15 is 0 Å². The summed E-state index contributed by atoms with van der Waals surface area (Å²) in [6, 6.07) is 3.11. The predicted molar refractivity (Wildman–Crippen MR) is 61.4 cm³/mol. The highest BCUT2D eigenvalue weighted by Gasteiger charge is 2.12. The van der Waals surface area contributed by atoms with E-state index in [2.05, 4.69) is 5.32 Å². The molecule has 0 spiro atoms. The molecule has 0 aliphatic carbocycles. The minimum absolute atomic E-state index is 0.0556. The molecule has 0 aliphatic rings. The van der Waals surface area contributed by atoms with Crippen LogP contribution < -0.4 is 5.32 Å². The van der Waals surface area contributed by atoms with Gasteiger partial charge in [0.25, 0.3) is 0 Å². The van der Waals surface area contributed by atoms with Gasteiger partial charge in [-0.05, 0) is 32.0 Å². The lowest BCUT2D eigenvalue weighted by molar-refractivity contribution is -0.111. The third-order valence-electron chi connectivity index (χ3n) is 1.89. The predicted octanol–water partition coefficient (Wildman–Crippen LogP) is 2.43. The maximum absolute atomic E-state index is 13.0. The lowest BCUT2D eigenvalue weighted by Gasteiger charge is -2.06. The maximum atomic E-state index is 13.0. The molecule has 4 nitrogen and oxygen atoms in total. The number of benzene rings is 1. The molecule has 0 fully saturated rings. The van der Waals surface area contributed by atoms with Gasteiger partial charge < -0.3 is 10.4 Å². The summed E-state index contributed by atoms with van der Waals surface area (Å²) in [5.74, 6) is -2.32. The molecule has 1 aromatic rings. The highest BCUT2D eigenvalue weighted by Crippen LogP contribution is 2.17. The first-order chi connectivity index (χ1) is 7.90. The van der Waals surface area contributed by atoms with Crippen LogP contribution in [0.5, 0.6) is 0 Å². The Kier molecular flexibility index (Phi) is 3.98. The minimum Gasteiger partial charge on any atom is -0.478 e. The van der Waals surface area contributed by atoms with Crippen molar-refractivity contribution in [3.63, 3.8) is 0 Å². The van der Waals surface area contributed by atoms with Gasteiger partial charge in [-0.25, -0.2) is 9.18 Å². The lowest BCUT2D eigenvalue weighted by atomic mass is 10.1. The average molecular weight is 237 g/mol. The van der Waals surface area contributed by atoms with Gasteiger partial charge in [-0.3, -0.25) is 4.79 Å². The van der Waals surface area contributed by atoms with Gasteiger partial charge in [-0.15, -0.1) is 0 Å². The fourth-order valence-corrected chi connectivity index (χ4v) is 1.24. The Labute approximate surface area is 97.8 Å². The van der Waals surface area contributed by atoms with Crippen molar-refractivity contribution in [2.75, 3.05) is 5.32 Å². The molecule has 0 radical (unpaired) electrons. The fraction of sp³-hybridized carbons (Fsp3) is 0.167. The summed E-state index contributed by atoms with van der Waals surface area (Å²) in [6.07, 6.45) is 1.30. The van der Waals surface area contributed by atoms with Crippen molar-refractivity contribution >= 4 is 17.6 Å². The van der Waals surface area contributed by atoms with E-state index < -0.39 is 17.7 Å². The molecule has 0 bridgehead atoms. The molecule has 1 amide bonds. The van der Waals surface area contributed by atoms with Crippen LogP contribution in [0.1, 0.15) is 24.2 Å². The Hall–Kier alpha value is -2.17. The van der Waals surface area contributed by atoms with E-state index in [0.29, 0.717) is 0 Å². The van der Waals surface area contributed by atoms with Crippen LogP contribution in [0, 0.1) is 5.82 Å². The molecule has 2 N–H and O–H groups in total. The minimum atomic E-state index is -1.22. The smallest absolute Gasteiger partial charge is 0.337 e. The highest BCUT2D eigenvalue weighted by molar-refractivity contribution is 6.04. The fourth-order valence-electron chi connectivity index (χ4n) is 1.24. The SMILES string of the molecule is CC(C)=CC(=O)Nc1cc(F)ccc1C(=O)O. The van der Waals surface area contributed by atoms with Gasteiger partial charge >= 0.3 is 5.97 Å². The number of carbonyl (C=O) groups is 2. The molecule has 17 heavy (non-hydrogen) atoms.